The van der Waals surface area contributed by atoms with Crippen molar-refractivity contribution < 1.29 is 19.1 Å². The van der Waals surface area contributed by atoms with E-state index in [1.165, 1.54) is 42.2 Å². The molecule has 1 aromatic carbocycles. The van der Waals surface area contributed by atoms with E-state index in [1.807, 2.05) is 0 Å². The van der Waals surface area contributed by atoms with Gasteiger partial charge >= 0.3 is 5.97 Å². The number of carboxylic acids is 1. The molecule has 0 saturated carbocycles. The summed E-state index contributed by atoms with van der Waals surface area (Å²) in [5.41, 5.74) is 0.745. The van der Waals surface area contributed by atoms with Gasteiger partial charge in [-0.05, 0) is 17.7 Å². The van der Waals surface area contributed by atoms with Crippen molar-refractivity contribution in [1.29, 1.82) is 0 Å². The van der Waals surface area contributed by atoms with Crippen LogP contribution in [0.2, 0.25) is 0 Å². The minimum Gasteiger partial charge on any atom is -0.478 e. The number of carbonyl (C=O) groups excluding carboxylic acids is 1. The quantitative estimate of drug-likeness (QED) is 0.868. The molecule has 2 rings (SSSR count). The number of hydrogen-bond donors (Lipinski definition) is 1. The molecule has 1 aliphatic rings. The van der Waals surface area contributed by atoms with Gasteiger partial charge in [-0.1, -0.05) is 18.2 Å². The van der Waals surface area contributed by atoms with E-state index in [4.69, 9.17) is 5.11 Å². The maximum Gasteiger partial charge on any atom is 0.333 e. The first kappa shape index (κ1) is 12.3. The summed E-state index contributed by atoms with van der Waals surface area (Å²) in [5.74, 6) is -1.67. The smallest absolute Gasteiger partial charge is 0.333 e. The fourth-order valence-corrected chi connectivity index (χ4v) is 2.10. The summed E-state index contributed by atoms with van der Waals surface area (Å²) in [4.78, 5) is 24.1. The third-order valence-corrected chi connectivity index (χ3v) is 2.95. The first-order valence-electron chi connectivity index (χ1n) is 5.46. The van der Waals surface area contributed by atoms with Crippen molar-refractivity contribution in [2.45, 2.75) is 13.0 Å². The van der Waals surface area contributed by atoms with Crippen LogP contribution in [0.15, 0.2) is 35.9 Å². The minimum atomic E-state index is -1.06. The van der Waals surface area contributed by atoms with Crippen molar-refractivity contribution in [3.63, 3.8) is 0 Å². The van der Waals surface area contributed by atoms with Gasteiger partial charge in [-0.25, -0.2) is 9.18 Å². The molecule has 0 aliphatic carbocycles. The second-order valence-electron chi connectivity index (χ2n) is 4.09. The van der Waals surface area contributed by atoms with Crippen LogP contribution in [0.5, 0.6) is 0 Å². The summed E-state index contributed by atoms with van der Waals surface area (Å²) in [6.45, 7) is 1.65. The van der Waals surface area contributed by atoms with Gasteiger partial charge in [0.25, 0.3) is 0 Å². The number of aliphatic carboxylic acids is 1. The van der Waals surface area contributed by atoms with Crippen LogP contribution in [0.1, 0.15) is 18.5 Å². The van der Waals surface area contributed by atoms with Crippen molar-refractivity contribution in [2.24, 2.45) is 0 Å². The molecular formula is C13H12FNO3. The second-order valence-corrected chi connectivity index (χ2v) is 4.09. The van der Waals surface area contributed by atoms with E-state index in [0.717, 1.165) is 0 Å². The lowest BCUT2D eigenvalue weighted by Gasteiger charge is -2.25. The zero-order valence-electron chi connectivity index (χ0n) is 9.76. The van der Waals surface area contributed by atoms with E-state index < -0.39 is 17.8 Å². The highest BCUT2D eigenvalue weighted by molar-refractivity contribution is 5.91. The average Bonchev–Trinajstić information content (AvgIpc) is 2.74. The largest absolute Gasteiger partial charge is 0.478 e. The molecule has 0 spiro atoms. The number of amides is 1. The summed E-state index contributed by atoms with van der Waals surface area (Å²) >= 11 is 0. The van der Waals surface area contributed by atoms with E-state index in [9.17, 15) is 14.0 Å². The standard InChI is InChI=1S/C13H12FNO3/c1-8(16)15-7-6-11(13(17)18)12(15)9-2-4-10(14)5-3-9/h2-6,12H,7H2,1H3,(H,17,18). The van der Waals surface area contributed by atoms with Gasteiger partial charge in [0, 0.05) is 13.5 Å². The van der Waals surface area contributed by atoms with Crippen molar-refractivity contribution >= 4 is 11.9 Å². The topological polar surface area (TPSA) is 57.6 Å². The Balaban J connectivity index is 2.41. The Hall–Kier alpha value is -2.17. The third kappa shape index (κ3) is 2.11. The lowest BCUT2D eigenvalue weighted by atomic mass is 10.00. The number of halogens is 1. The van der Waals surface area contributed by atoms with Crippen molar-refractivity contribution in [3.05, 3.63) is 47.3 Å². The maximum atomic E-state index is 12.9. The molecule has 1 unspecified atom stereocenters. The second kappa shape index (κ2) is 4.60. The Morgan fingerprint density at radius 3 is 2.44 bits per heavy atom. The van der Waals surface area contributed by atoms with E-state index in [1.54, 1.807) is 0 Å². The molecule has 5 heteroatoms. The lowest BCUT2D eigenvalue weighted by Crippen LogP contribution is -2.31. The highest BCUT2D eigenvalue weighted by Gasteiger charge is 2.34. The van der Waals surface area contributed by atoms with Crippen LogP contribution in [0.4, 0.5) is 4.39 Å². The average molecular weight is 249 g/mol. The SMILES string of the molecule is CC(=O)N1CC=C(C(=O)O)C1c1ccc(F)cc1. The Labute approximate surface area is 103 Å². The summed E-state index contributed by atoms with van der Waals surface area (Å²) in [5, 5.41) is 9.12. The van der Waals surface area contributed by atoms with Crippen LogP contribution in [0.25, 0.3) is 0 Å². The van der Waals surface area contributed by atoms with E-state index in [0.29, 0.717) is 5.56 Å². The molecular weight excluding hydrogens is 237 g/mol. The normalized spacial score (nSPS) is 18.7. The van der Waals surface area contributed by atoms with Gasteiger partial charge in [-0.3, -0.25) is 4.79 Å². The number of carboxylic acid groups (broad SMARTS) is 1. The molecule has 1 heterocycles. The summed E-state index contributed by atoms with van der Waals surface area (Å²) in [6.07, 6.45) is 1.51. The first-order chi connectivity index (χ1) is 8.50. The number of hydrogen-bond acceptors (Lipinski definition) is 2. The molecule has 4 nitrogen and oxygen atoms in total. The zero-order chi connectivity index (χ0) is 13.3. The van der Waals surface area contributed by atoms with E-state index in [-0.39, 0.29) is 18.0 Å². The molecule has 0 radical (unpaired) electrons. The molecule has 1 amide bonds. The molecule has 0 bridgehead atoms. The molecule has 1 atom stereocenters. The van der Waals surface area contributed by atoms with Gasteiger partial charge in [-0.15, -0.1) is 0 Å². The fourth-order valence-electron chi connectivity index (χ4n) is 2.10. The summed E-state index contributed by atoms with van der Waals surface area (Å²) in [6, 6.07) is 4.87. The van der Waals surface area contributed by atoms with Gasteiger partial charge in [-0.2, -0.15) is 0 Å². The first-order valence-corrected chi connectivity index (χ1v) is 5.46. The van der Waals surface area contributed by atoms with E-state index in [2.05, 4.69) is 0 Å². The van der Waals surface area contributed by atoms with Crippen LogP contribution in [0.3, 0.4) is 0 Å². The molecule has 1 aliphatic heterocycles. The monoisotopic (exact) mass is 249 g/mol. The van der Waals surface area contributed by atoms with Gasteiger partial charge in [0.2, 0.25) is 5.91 Å². The van der Waals surface area contributed by atoms with Crippen LogP contribution < -0.4 is 0 Å². The summed E-state index contributed by atoms with van der Waals surface area (Å²) in [7, 11) is 0. The molecule has 1 N–H and O–H groups in total. The van der Waals surface area contributed by atoms with Crippen molar-refractivity contribution in [3.8, 4) is 0 Å². The van der Waals surface area contributed by atoms with Gasteiger partial charge in [0.15, 0.2) is 0 Å². The maximum absolute atomic E-state index is 12.9. The predicted molar refractivity (Wildman–Crippen MR) is 62.2 cm³/mol. The van der Waals surface area contributed by atoms with Crippen molar-refractivity contribution in [1.82, 2.24) is 4.90 Å². The van der Waals surface area contributed by atoms with Crippen LogP contribution in [0, 0.1) is 5.82 Å². The van der Waals surface area contributed by atoms with Gasteiger partial charge in [0.05, 0.1) is 11.6 Å². The molecule has 94 valence electrons. The van der Waals surface area contributed by atoms with Crippen LogP contribution in [-0.2, 0) is 9.59 Å². The van der Waals surface area contributed by atoms with Crippen molar-refractivity contribution in [2.75, 3.05) is 6.54 Å². The zero-order valence-corrected chi connectivity index (χ0v) is 9.76. The Bertz CT molecular complexity index is 522. The number of benzene rings is 1. The summed E-state index contributed by atoms with van der Waals surface area (Å²) < 4.78 is 12.9. The number of rotatable bonds is 2. The van der Waals surface area contributed by atoms with Crippen LogP contribution in [-0.4, -0.2) is 28.4 Å². The predicted octanol–water partition coefficient (Wildman–Crippen LogP) is 1.74. The Kier molecular flexibility index (Phi) is 3.14. The minimum absolute atomic E-state index is 0.150. The van der Waals surface area contributed by atoms with Crippen LogP contribution >= 0.6 is 0 Å². The molecule has 1 aromatic rings. The number of nitrogens with zero attached hydrogens (tertiary/aromatic N) is 1. The lowest BCUT2D eigenvalue weighted by molar-refractivity contribution is -0.134. The third-order valence-electron chi connectivity index (χ3n) is 2.95. The molecule has 18 heavy (non-hydrogen) atoms. The molecule has 0 aromatic heterocycles. The Morgan fingerprint density at radius 1 is 1.33 bits per heavy atom. The van der Waals surface area contributed by atoms with Gasteiger partial charge < -0.3 is 10.0 Å². The molecule has 0 fully saturated rings. The highest BCUT2D eigenvalue weighted by Crippen LogP contribution is 2.33. The fraction of sp³-hybridized carbons (Fsp3) is 0.231. The highest BCUT2D eigenvalue weighted by atomic mass is 19.1. The van der Waals surface area contributed by atoms with E-state index >= 15 is 0 Å². The van der Waals surface area contributed by atoms with Gasteiger partial charge in [0.1, 0.15) is 5.82 Å². The molecule has 0 saturated heterocycles. The number of carbonyl (C=O) groups is 2. The Morgan fingerprint density at radius 2 is 1.94 bits per heavy atom.